The van der Waals surface area contributed by atoms with Gasteiger partial charge in [-0.2, -0.15) is 0 Å². The number of fused-ring (bicyclic) bond motifs is 1. The van der Waals surface area contributed by atoms with Gasteiger partial charge in [-0.15, -0.1) is 0 Å². The largest absolute Gasteiger partial charge is 0.353 e. The number of aryl methyl sites for hydroxylation is 1. The summed E-state index contributed by atoms with van der Waals surface area (Å²) >= 11 is 0. The second-order valence-corrected chi connectivity index (χ2v) is 8.30. The molecular formula is C21H30N4O. The van der Waals surface area contributed by atoms with Crippen molar-refractivity contribution in [3.63, 3.8) is 0 Å². The van der Waals surface area contributed by atoms with Crippen LogP contribution in [-0.4, -0.2) is 34.6 Å². The maximum atomic E-state index is 12.5. The second kappa shape index (κ2) is 7.29. The Hall–Kier alpha value is -2.04. The number of hydrogen-bond donors (Lipinski definition) is 1. The van der Waals surface area contributed by atoms with Crippen LogP contribution in [0.15, 0.2) is 24.3 Å². The maximum absolute atomic E-state index is 12.5. The Kier molecular flexibility index (Phi) is 4.88. The van der Waals surface area contributed by atoms with Crippen LogP contribution in [0.25, 0.3) is 11.0 Å². The number of carbonyl (C=O) groups is 1. The second-order valence-electron chi connectivity index (χ2n) is 8.30. The number of rotatable bonds is 6. The number of benzene rings is 1. The number of piperidine rings is 1. The van der Waals surface area contributed by atoms with Crippen LogP contribution in [0.4, 0.5) is 5.95 Å². The molecule has 2 heterocycles. The Bertz CT molecular complexity index is 777. The summed E-state index contributed by atoms with van der Waals surface area (Å²) < 4.78 is 2.36. The van der Waals surface area contributed by atoms with E-state index >= 15 is 0 Å². The molecule has 0 spiro atoms. The van der Waals surface area contributed by atoms with E-state index in [-0.39, 0.29) is 11.8 Å². The highest BCUT2D eigenvalue weighted by Crippen LogP contribution is 2.28. The van der Waals surface area contributed by atoms with Gasteiger partial charge in [-0.1, -0.05) is 26.0 Å². The number of nitrogens with one attached hydrogen (secondary N) is 1. The van der Waals surface area contributed by atoms with E-state index < -0.39 is 0 Å². The Morgan fingerprint density at radius 1 is 1.27 bits per heavy atom. The fourth-order valence-electron chi connectivity index (χ4n) is 3.83. The van der Waals surface area contributed by atoms with Crippen molar-refractivity contribution in [1.29, 1.82) is 0 Å². The van der Waals surface area contributed by atoms with E-state index in [1.165, 1.54) is 5.52 Å². The van der Waals surface area contributed by atoms with Gasteiger partial charge < -0.3 is 14.8 Å². The Morgan fingerprint density at radius 2 is 2.08 bits per heavy atom. The Labute approximate surface area is 155 Å². The molecule has 1 aliphatic heterocycles. The minimum atomic E-state index is 0.0858. The van der Waals surface area contributed by atoms with Crippen molar-refractivity contribution in [2.24, 2.45) is 11.8 Å². The van der Waals surface area contributed by atoms with E-state index in [9.17, 15) is 4.79 Å². The van der Waals surface area contributed by atoms with Crippen LogP contribution >= 0.6 is 0 Å². The third-order valence-corrected chi connectivity index (χ3v) is 5.56. The molecule has 2 aromatic rings. The number of hydrogen-bond acceptors (Lipinski definition) is 3. The first kappa shape index (κ1) is 17.4. The van der Waals surface area contributed by atoms with Crippen LogP contribution in [0.5, 0.6) is 0 Å². The van der Waals surface area contributed by atoms with Crippen LogP contribution in [0.1, 0.15) is 46.0 Å². The summed E-state index contributed by atoms with van der Waals surface area (Å²) in [5.74, 6) is 2.02. The molecule has 140 valence electrons. The van der Waals surface area contributed by atoms with E-state index in [1.807, 2.05) is 6.07 Å². The average Bonchev–Trinajstić information content (AvgIpc) is 3.38. The van der Waals surface area contributed by atoms with Gasteiger partial charge in [0.2, 0.25) is 11.9 Å². The first-order valence-corrected chi connectivity index (χ1v) is 10.1. The van der Waals surface area contributed by atoms with Gasteiger partial charge in [-0.05, 0) is 50.2 Å². The molecule has 1 N–H and O–H groups in total. The molecule has 0 radical (unpaired) electrons. The predicted molar refractivity (Wildman–Crippen MR) is 105 cm³/mol. The van der Waals surface area contributed by atoms with E-state index in [0.717, 1.165) is 63.2 Å². The summed E-state index contributed by atoms with van der Waals surface area (Å²) in [5.41, 5.74) is 2.25. The molecule has 1 aromatic carbocycles. The van der Waals surface area contributed by atoms with Crippen molar-refractivity contribution >= 4 is 22.9 Å². The molecule has 0 bridgehead atoms. The highest BCUT2D eigenvalue weighted by atomic mass is 16.2. The van der Waals surface area contributed by atoms with Crippen LogP contribution in [0.3, 0.4) is 0 Å². The third kappa shape index (κ3) is 3.71. The van der Waals surface area contributed by atoms with Crippen LogP contribution in [0.2, 0.25) is 0 Å². The maximum Gasteiger partial charge on any atom is 0.225 e. The molecule has 1 atom stereocenters. The molecule has 5 heteroatoms. The normalized spacial score (nSPS) is 20.7. The van der Waals surface area contributed by atoms with E-state index in [4.69, 9.17) is 4.98 Å². The zero-order valence-corrected chi connectivity index (χ0v) is 15.9. The average molecular weight is 354 g/mol. The summed E-state index contributed by atoms with van der Waals surface area (Å²) in [6, 6.07) is 8.82. The van der Waals surface area contributed by atoms with Crippen molar-refractivity contribution in [2.45, 2.75) is 58.5 Å². The molecule has 2 fully saturated rings. The SMILES string of the molecule is CC(C)CCn1c(N2CCC[C@H](C(=O)NC3CC3)C2)nc2ccccc21. The summed E-state index contributed by atoms with van der Waals surface area (Å²) in [5, 5.41) is 3.18. The molecular weight excluding hydrogens is 324 g/mol. The lowest BCUT2D eigenvalue weighted by molar-refractivity contribution is -0.125. The molecule has 2 aliphatic rings. The van der Waals surface area contributed by atoms with Crippen molar-refractivity contribution in [2.75, 3.05) is 18.0 Å². The van der Waals surface area contributed by atoms with E-state index in [2.05, 4.69) is 46.8 Å². The number of imidazole rings is 1. The standard InChI is InChI=1S/C21H30N4O/c1-15(2)11-13-25-19-8-4-3-7-18(19)23-21(25)24-12-5-6-16(14-24)20(26)22-17-9-10-17/h3-4,7-8,15-17H,5-6,9-14H2,1-2H3,(H,22,26)/t16-/m0/s1. The number of anilines is 1. The molecule has 0 unspecified atom stereocenters. The molecule has 1 saturated carbocycles. The van der Waals surface area contributed by atoms with Gasteiger partial charge in [0.15, 0.2) is 0 Å². The number of para-hydroxylation sites is 2. The highest BCUT2D eigenvalue weighted by Gasteiger charge is 2.32. The van der Waals surface area contributed by atoms with Crippen LogP contribution < -0.4 is 10.2 Å². The Morgan fingerprint density at radius 3 is 2.85 bits per heavy atom. The lowest BCUT2D eigenvalue weighted by atomic mass is 9.97. The number of nitrogens with zero attached hydrogens (tertiary/aromatic N) is 3. The monoisotopic (exact) mass is 354 g/mol. The predicted octanol–water partition coefficient (Wildman–Crippen LogP) is 3.58. The molecule has 1 amide bonds. The fraction of sp³-hybridized carbons (Fsp3) is 0.619. The van der Waals surface area contributed by atoms with Gasteiger partial charge in [-0.25, -0.2) is 4.98 Å². The summed E-state index contributed by atoms with van der Waals surface area (Å²) in [7, 11) is 0. The molecule has 5 nitrogen and oxygen atoms in total. The fourth-order valence-corrected chi connectivity index (χ4v) is 3.83. The van der Waals surface area contributed by atoms with E-state index in [0.29, 0.717) is 12.0 Å². The van der Waals surface area contributed by atoms with Crippen molar-refractivity contribution in [3.8, 4) is 0 Å². The quantitative estimate of drug-likeness (QED) is 0.863. The first-order valence-electron chi connectivity index (χ1n) is 10.1. The zero-order chi connectivity index (χ0) is 18.1. The molecule has 26 heavy (non-hydrogen) atoms. The smallest absolute Gasteiger partial charge is 0.225 e. The zero-order valence-electron chi connectivity index (χ0n) is 15.9. The van der Waals surface area contributed by atoms with Gasteiger partial charge in [0, 0.05) is 25.7 Å². The van der Waals surface area contributed by atoms with Gasteiger partial charge in [-0.3, -0.25) is 4.79 Å². The minimum absolute atomic E-state index is 0.0858. The number of aromatic nitrogens is 2. The van der Waals surface area contributed by atoms with Crippen LogP contribution in [0, 0.1) is 11.8 Å². The number of amides is 1. The Balaban J connectivity index is 1.57. The van der Waals surface area contributed by atoms with Gasteiger partial charge in [0.1, 0.15) is 0 Å². The molecule has 1 saturated heterocycles. The minimum Gasteiger partial charge on any atom is -0.353 e. The van der Waals surface area contributed by atoms with Gasteiger partial charge in [0.05, 0.1) is 17.0 Å². The first-order chi connectivity index (χ1) is 12.6. The van der Waals surface area contributed by atoms with Crippen molar-refractivity contribution in [3.05, 3.63) is 24.3 Å². The molecule has 1 aliphatic carbocycles. The molecule has 4 rings (SSSR count). The van der Waals surface area contributed by atoms with Gasteiger partial charge in [0.25, 0.3) is 0 Å². The third-order valence-electron chi connectivity index (χ3n) is 5.56. The van der Waals surface area contributed by atoms with E-state index in [1.54, 1.807) is 0 Å². The lowest BCUT2D eigenvalue weighted by Gasteiger charge is -2.33. The summed E-state index contributed by atoms with van der Waals surface area (Å²) in [6.07, 6.45) is 5.46. The summed E-state index contributed by atoms with van der Waals surface area (Å²) in [4.78, 5) is 19.8. The highest BCUT2D eigenvalue weighted by molar-refractivity contribution is 5.81. The topological polar surface area (TPSA) is 50.2 Å². The van der Waals surface area contributed by atoms with Crippen molar-refractivity contribution < 1.29 is 4.79 Å². The van der Waals surface area contributed by atoms with Gasteiger partial charge >= 0.3 is 0 Å². The van der Waals surface area contributed by atoms with Crippen molar-refractivity contribution in [1.82, 2.24) is 14.9 Å². The number of carbonyl (C=O) groups excluding carboxylic acids is 1. The lowest BCUT2D eigenvalue weighted by Crippen LogP contribution is -2.44. The summed E-state index contributed by atoms with van der Waals surface area (Å²) in [6.45, 7) is 7.26. The van der Waals surface area contributed by atoms with Crippen LogP contribution in [-0.2, 0) is 11.3 Å². The molecule has 1 aromatic heterocycles.